The summed E-state index contributed by atoms with van der Waals surface area (Å²) in [4.78, 5) is 28.3. The Morgan fingerprint density at radius 2 is 1.35 bits per heavy atom. The number of nitrogens with zero attached hydrogens (tertiary/aromatic N) is 1. The second-order valence-electron chi connectivity index (χ2n) is 11.5. The molecule has 6 nitrogen and oxygen atoms in total. The van der Waals surface area contributed by atoms with E-state index in [1.807, 2.05) is 78.9 Å². The average molecular weight is 628 g/mol. The molecule has 7 rings (SSSR count). The van der Waals surface area contributed by atoms with Crippen LogP contribution in [0.2, 0.25) is 0 Å². The van der Waals surface area contributed by atoms with Gasteiger partial charge in [-0.05, 0) is 58.1 Å². The van der Waals surface area contributed by atoms with E-state index in [2.05, 4.69) is 24.3 Å². The number of carbonyl (C=O) groups excluding carboxylic acids is 2. The molecule has 2 aliphatic rings. The molecule has 0 aliphatic carbocycles. The lowest BCUT2D eigenvalue weighted by atomic mass is 9.99. The molecule has 0 unspecified atom stereocenters. The van der Waals surface area contributed by atoms with Crippen molar-refractivity contribution in [2.24, 2.45) is 0 Å². The number of aliphatic hydroxyl groups excluding tert-OH is 1. The fourth-order valence-electron chi connectivity index (χ4n) is 5.98. The summed E-state index contributed by atoms with van der Waals surface area (Å²) in [6.07, 6.45) is 0.0236. The quantitative estimate of drug-likeness (QED) is 0.132. The summed E-state index contributed by atoms with van der Waals surface area (Å²) in [6, 6.07) is 41.3. The van der Waals surface area contributed by atoms with Crippen LogP contribution in [0, 0.1) is 0 Å². The number of rotatable bonds is 9. The lowest BCUT2D eigenvalue weighted by Gasteiger charge is -2.36. The molecule has 0 aromatic heterocycles. The predicted octanol–water partition coefficient (Wildman–Crippen LogP) is 7.98. The van der Waals surface area contributed by atoms with Gasteiger partial charge in [0.2, 0.25) is 0 Å². The maximum Gasteiger partial charge on any atom is 0.261 e. The first kappa shape index (κ1) is 30.1. The summed E-state index contributed by atoms with van der Waals surface area (Å²) in [5.74, 6) is 0.282. The van der Waals surface area contributed by atoms with Gasteiger partial charge in [0.25, 0.3) is 11.8 Å². The van der Waals surface area contributed by atoms with Crippen LogP contribution in [0.25, 0.3) is 11.1 Å². The fraction of sp³-hybridized carbons (Fsp3) is 0.179. The topological polar surface area (TPSA) is 76.1 Å². The number of hydrogen-bond donors (Lipinski definition) is 1. The van der Waals surface area contributed by atoms with Crippen LogP contribution < -0.4 is 0 Å². The number of fused-ring (bicyclic) bond motifs is 1. The number of hydrogen-bond acceptors (Lipinski definition) is 6. The van der Waals surface area contributed by atoms with Gasteiger partial charge in [-0.15, -0.1) is 11.8 Å². The van der Waals surface area contributed by atoms with Crippen molar-refractivity contribution in [3.05, 3.63) is 161 Å². The second-order valence-corrected chi connectivity index (χ2v) is 12.6. The Labute approximate surface area is 272 Å². The van der Waals surface area contributed by atoms with Crippen molar-refractivity contribution in [1.29, 1.82) is 0 Å². The molecule has 2 amide bonds. The van der Waals surface area contributed by atoms with E-state index in [-0.39, 0.29) is 37.2 Å². The van der Waals surface area contributed by atoms with E-state index in [1.165, 1.54) is 9.80 Å². The van der Waals surface area contributed by atoms with Crippen molar-refractivity contribution >= 4 is 23.6 Å². The van der Waals surface area contributed by atoms with Gasteiger partial charge in [-0.3, -0.25) is 14.5 Å². The maximum absolute atomic E-state index is 12.9. The van der Waals surface area contributed by atoms with Gasteiger partial charge in [0, 0.05) is 22.6 Å². The molecule has 5 aromatic carbocycles. The van der Waals surface area contributed by atoms with Gasteiger partial charge in [0.15, 0.2) is 6.29 Å². The minimum atomic E-state index is -0.535. The van der Waals surface area contributed by atoms with E-state index in [9.17, 15) is 14.7 Å². The molecule has 0 bridgehead atoms. The van der Waals surface area contributed by atoms with Crippen LogP contribution in [0.3, 0.4) is 0 Å². The highest BCUT2D eigenvalue weighted by Crippen LogP contribution is 2.40. The van der Waals surface area contributed by atoms with Crippen LogP contribution in [0.15, 0.2) is 132 Å². The maximum atomic E-state index is 12.9. The summed E-state index contributed by atoms with van der Waals surface area (Å²) in [5.41, 5.74) is 6.65. The van der Waals surface area contributed by atoms with Crippen molar-refractivity contribution in [1.82, 2.24) is 4.90 Å². The zero-order chi connectivity index (χ0) is 31.5. The molecule has 3 atom stereocenters. The number of carbonyl (C=O) groups is 2. The van der Waals surface area contributed by atoms with Gasteiger partial charge in [-0.1, -0.05) is 97.1 Å². The van der Waals surface area contributed by atoms with Crippen LogP contribution in [0.4, 0.5) is 0 Å². The molecule has 230 valence electrons. The average Bonchev–Trinajstić information content (AvgIpc) is 3.36. The van der Waals surface area contributed by atoms with Crippen LogP contribution in [0.1, 0.15) is 61.8 Å². The Hall–Kier alpha value is -4.53. The van der Waals surface area contributed by atoms with Crippen molar-refractivity contribution in [3.8, 4) is 11.1 Å². The Balaban J connectivity index is 1.08. The first-order valence-electron chi connectivity index (χ1n) is 15.4. The molecule has 1 N–H and O–H groups in total. The van der Waals surface area contributed by atoms with Crippen LogP contribution >= 0.6 is 11.8 Å². The third-order valence-electron chi connectivity index (χ3n) is 8.46. The largest absolute Gasteiger partial charge is 0.392 e. The van der Waals surface area contributed by atoms with Crippen LogP contribution in [-0.2, 0) is 22.6 Å². The van der Waals surface area contributed by atoms with Crippen molar-refractivity contribution in [3.63, 3.8) is 0 Å². The standard InChI is InChI=1S/C39H33NO5S/c41-24-26-13-15-29(16-14-26)36-22-32(25-46-33-9-2-1-3-10-33)44-39(45-36)30-19-17-28(18-20-30)31-8-6-7-27(21-31)23-40-37(42)34-11-4-5-12-35(34)38(40)43/h1-21,32,36,39,41H,22-25H2/t32-,36+,39+/m1/s1. The number of amides is 2. The number of imide groups is 1. The Morgan fingerprint density at radius 3 is 2.04 bits per heavy atom. The summed E-state index contributed by atoms with van der Waals surface area (Å²) in [7, 11) is 0. The van der Waals surface area contributed by atoms with E-state index in [1.54, 1.807) is 36.0 Å². The highest BCUT2D eigenvalue weighted by molar-refractivity contribution is 7.99. The fourth-order valence-corrected chi connectivity index (χ4v) is 6.92. The Bertz CT molecular complexity index is 1810. The molecule has 1 fully saturated rings. The van der Waals surface area contributed by atoms with Gasteiger partial charge in [-0.2, -0.15) is 0 Å². The predicted molar refractivity (Wildman–Crippen MR) is 178 cm³/mol. The number of thioether (sulfide) groups is 1. The lowest BCUT2D eigenvalue weighted by molar-refractivity contribution is -0.245. The Morgan fingerprint density at radius 1 is 0.674 bits per heavy atom. The molecule has 46 heavy (non-hydrogen) atoms. The number of aliphatic hydroxyl groups is 1. The summed E-state index contributed by atoms with van der Waals surface area (Å²) >= 11 is 1.78. The molecule has 5 aromatic rings. The number of ether oxygens (including phenoxy) is 2. The van der Waals surface area contributed by atoms with Crippen LogP contribution in [-0.4, -0.2) is 33.7 Å². The highest BCUT2D eigenvalue weighted by Gasteiger charge is 2.35. The summed E-state index contributed by atoms with van der Waals surface area (Å²) in [6.45, 7) is 0.219. The molecule has 0 spiro atoms. The molecule has 0 saturated carbocycles. The van der Waals surface area contributed by atoms with Crippen molar-refractivity contribution in [2.75, 3.05) is 5.75 Å². The van der Waals surface area contributed by atoms with E-state index < -0.39 is 6.29 Å². The minimum absolute atomic E-state index is 0.00586. The highest BCUT2D eigenvalue weighted by atomic mass is 32.2. The minimum Gasteiger partial charge on any atom is -0.392 e. The number of benzene rings is 5. The third-order valence-corrected chi connectivity index (χ3v) is 9.60. The van der Waals surface area contributed by atoms with E-state index >= 15 is 0 Å². The van der Waals surface area contributed by atoms with Gasteiger partial charge < -0.3 is 14.6 Å². The summed E-state index contributed by atoms with van der Waals surface area (Å²) in [5, 5.41) is 9.51. The zero-order valence-electron chi connectivity index (χ0n) is 25.1. The Kier molecular flexibility index (Phi) is 8.81. The molecule has 2 aliphatic heterocycles. The first-order chi connectivity index (χ1) is 22.6. The molecule has 1 saturated heterocycles. The van der Waals surface area contributed by atoms with Crippen molar-refractivity contribution < 1.29 is 24.2 Å². The third kappa shape index (κ3) is 6.41. The zero-order valence-corrected chi connectivity index (χ0v) is 25.9. The van der Waals surface area contributed by atoms with E-state index in [0.717, 1.165) is 45.6 Å². The molecule has 2 heterocycles. The molecule has 0 radical (unpaired) electrons. The SMILES string of the molecule is O=C1c2ccccc2C(=O)N1Cc1cccc(-c2ccc([C@H]3O[C@@H](CSc4ccccc4)C[C@@H](c4ccc(CO)cc4)O3)cc2)c1. The molecule has 7 heteroatoms. The molecular weight excluding hydrogens is 594 g/mol. The normalized spacial score (nSPS) is 19.3. The molecular formula is C39H33NO5S. The van der Waals surface area contributed by atoms with Gasteiger partial charge >= 0.3 is 0 Å². The summed E-state index contributed by atoms with van der Waals surface area (Å²) < 4.78 is 13.1. The lowest BCUT2D eigenvalue weighted by Crippen LogP contribution is -2.31. The van der Waals surface area contributed by atoms with Gasteiger partial charge in [-0.25, -0.2) is 0 Å². The van der Waals surface area contributed by atoms with Crippen LogP contribution in [0.5, 0.6) is 0 Å². The first-order valence-corrected chi connectivity index (χ1v) is 16.4. The van der Waals surface area contributed by atoms with Crippen molar-refractivity contribution in [2.45, 2.75) is 43.0 Å². The van der Waals surface area contributed by atoms with E-state index in [4.69, 9.17) is 9.47 Å². The monoisotopic (exact) mass is 627 g/mol. The van der Waals surface area contributed by atoms with Gasteiger partial charge in [0.05, 0.1) is 36.5 Å². The van der Waals surface area contributed by atoms with E-state index in [0.29, 0.717) is 11.1 Å². The second kappa shape index (κ2) is 13.4. The van der Waals surface area contributed by atoms with Gasteiger partial charge in [0.1, 0.15) is 0 Å². The smallest absolute Gasteiger partial charge is 0.261 e.